The molecule has 3 rings (SSSR count). The molecule has 2 aromatic carbocycles. The van der Waals surface area contributed by atoms with Crippen molar-refractivity contribution in [1.29, 1.82) is 0 Å². The van der Waals surface area contributed by atoms with Crippen molar-refractivity contribution < 1.29 is 9.47 Å². The number of rotatable bonds is 5. The number of para-hydroxylation sites is 4. The smallest absolute Gasteiger partial charge is 0.258 e. The average Bonchev–Trinajstić information content (AvgIpc) is 2.56. The van der Waals surface area contributed by atoms with E-state index in [2.05, 4.69) is 15.3 Å². The molecule has 0 atom stereocenters. The number of nitrogens with one attached hydrogen (secondary N) is 1. The molecule has 0 saturated heterocycles. The maximum atomic E-state index is 5.61. The first-order valence-electron chi connectivity index (χ1n) is 7.11. The summed E-state index contributed by atoms with van der Waals surface area (Å²) in [6.07, 6.45) is 0. The van der Waals surface area contributed by atoms with Gasteiger partial charge in [0.2, 0.25) is 0 Å². The third kappa shape index (κ3) is 2.79. The quantitative estimate of drug-likeness (QED) is 0.776. The lowest BCUT2D eigenvalue weighted by Gasteiger charge is -2.13. The Kier molecular flexibility index (Phi) is 4.05. The fourth-order valence-corrected chi connectivity index (χ4v) is 2.18. The first-order valence-corrected chi connectivity index (χ1v) is 7.11. The van der Waals surface area contributed by atoms with Gasteiger partial charge in [0.05, 0.1) is 30.4 Å². The number of aromatic nitrogens is 2. The Labute approximate surface area is 128 Å². The van der Waals surface area contributed by atoms with Crippen LogP contribution in [0, 0.1) is 0 Å². The standard InChI is InChI=1S/C17H17N3O2/c1-3-22-17-16(18-12-8-4-5-9-13(12)20-17)19-14-10-6-7-11-15(14)21-2/h4-11H,3H2,1-2H3,(H,18,19). The number of anilines is 2. The van der Waals surface area contributed by atoms with E-state index in [-0.39, 0.29) is 0 Å². The molecule has 0 aliphatic rings. The minimum atomic E-state index is 0.479. The molecule has 0 unspecified atom stereocenters. The first kappa shape index (κ1) is 14.1. The fraction of sp³-hybridized carbons (Fsp3) is 0.176. The van der Waals surface area contributed by atoms with E-state index in [1.54, 1.807) is 7.11 Å². The number of ether oxygens (including phenoxy) is 2. The van der Waals surface area contributed by atoms with Crippen LogP contribution < -0.4 is 14.8 Å². The Balaban J connectivity index is 2.06. The van der Waals surface area contributed by atoms with E-state index in [0.29, 0.717) is 18.3 Å². The van der Waals surface area contributed by atoms with Crippen LogP contribution in [0.2, 0.25) is 0 Å². The van der Waals surface area contributed by atoms with E-state index < -0.39 is 0 Å². The predicted molar refractivity (Wildman–Crippen MR) is 87.0 cm³/mol. The molecule has 22 heavy (non-hydrogen) atoms. The molecule has 0 amide bonds. The van der Waals surface area contributed by atoms with Crippen molar-refractivity contribution in [2.24, 2.45) is 0 Å². The van der Waals surface area contributed by atoms with Crippen LogP contribution >= 0.6 is 0 Å². The highest BCUT2D eigenvalue weighted by Gasteiger charge is 2.12. The Morgan fingerprint density at radius 3 is 2.36 bits per heavy atom. The van der Waals surface area contributed by atoms with Gasteiger partial charge in [-0.2, -0.15) is 0 Å². The molecule has 0 spiro atoms. The second-order valence-corrected chi connectivity index (χ2v) is 4.62. The average molecular weight is 295 g/mol. The van der Waals surface area contributed by atoms with Crippen molar-refractivity contribution >= 4 is 22.5 Å². The van der Waals surface area contributed by atoms with Crippen LogP contribution in [-0.2, 0) is 0 Å². The van der Waals surface area contributed by atoms with E-state index >= 15 is 0 Å². The summed E-state index contributed by atoms with van der Waals surface area (Å²) in [5.74, 6) is 1.79. The maximum absolute atomic E-state index is 5.61. The largest absolute Gasteiger partial charge is 0.495 e. The second kappa shape index (κ2) is 6.30. The molecule has 0 radical (unpaired) electrons. The zero-order chi connectivity index (χ0) is 15.4. The van der Waals surface area contributed by atoms with Crippen LogP contribution in [0.4, 0.5) is 11.5 Å². The number of benzene rings is 2. The Bertz CT molecular complexity index is 790. The van der Waals surface area contributed by atoms with Gasteiger partial charge in [0.25, 0.3) is 5.88 Å². The highest BCUT2D eigenvalue weighted by Crippen LogP contribution is 2.31. The molecular weight excluding hydrogens is 278 g/mol. The van der Waals surface area contributed by atoms with E-state index in [9.17, 15) is 0 Å². The van der Waals surface area contributed by atoms with Gasteiger partial charge in [-0.25, -0.2) is 9.97 Å². The first-order chi connectivity index (χ1) is 10.8. The summed E-state index contributed by atoms with van der Waals surface area (Å²) >= 11 is 0. The van der Waals surface area contributed by atoms with Crippen LogP contribution in [0.5, 0.6) is 11.6 Å². The highest BCUT2D eigenvalue weighted by molar-refractivity contribution is 5.79. The summed E-state index contributed by atoms with van der Waals surface area (Å²) in [5.41, 5.74) is 2.43. The predicted octanol–water partition coefficient (Wildman–Crippen LogP) is 3.78. The van der Waals surface area contributed by atoms with Crippen molar-refractivity contribution in [3.8, 4) is 11.6 Å². The molecule has 5 nitrogen and oxygen atoms in total. The third-order valence-electron chi connectivity index (χ3n) is 3.18. The minimum Gasteiger partial charge on any atom is -0.495 e. The zero-order valence-electron chi connectivity index (χ0n) is 12.5. The van der Waals surface area contributed by atoms with Gasteiger partial charge < -0.3 is 14.8 Å². The lowest BCUT2D eigenvalue weighted by Crippen LogP contribution is -2.04. The molecule has 3 aromatic rings. The summed E-state index contributed by atoms with van der Waals surface area (Å²) < 4.78 is 11.0. The van der Waals surface area contributed by atoms with Crippen LogP contribution in [0.15, 0.2) is 48.5 Å². The lowest BCUT2D eigenvalue weighted by molar-refractivity contribution is 0.329. The molecule has 1 aromatic heterocycles. The molecule has 1 N–H and O–H groups in total. The van der Waals surface area contributed by atoms with Crippen molar-refractivity contribution in [3.05, 3.63) is 48.5 Å². The lowest BCUT2D eigenvalue weighted by atomic mass is 10.3. The summed E-state index contributed by atoms with van der Waals surface area (Å²) in [4.78, 5) is 9.14. The van der Waals surface area contributed by atoms with Gasteiger partial charge in [0, 0.05) is 0 Å². The SMILES string of the molecule is CCOc1nc2ccccc2nc1Nc1ccccc1OC. The van der Waals surface area contributed by atoms with Gasteiger partial charge in [-0.1, -0.05) is 24.3 Å². The number of methoxy groups -OCH3 is 1. The second-order valence-electron chi connectivity index (χ2n) is 4.62. The van der Waals surface area contributed by atoms with Crippen LogP contribution in [-0.4, -0.2) is 23.7 Å². The topological polar surface area (TPSA) is 56.3 Å². The molecule has 5 heteroatoms. The molecular formula is C17H17N3O2. The molecule has 0 saturated carbocycles. The van der Waals surface area contributed by atoms with Crippen LogP contribution in [0.3, 0.4) is 0 Å². The molecule has 0 aliphatic carbocycles. The van der Waals surface area contributed by atoms with Gasteiger partial charge in [-0.3, -0.25) is 0 Å². The fourth-order valence-electron chi connectivity index (χ4n) is 2.18. The van der Waals surface area contributed by atoms with Crippen molar-refractivity contribution in [1.82, 2.24) is 9.97 Å². The Hall–Kier alpha value is -2.82. The number of nitrogens with zero attached hydrogens (tertiary/aromatic N) is 2. The maximum Gasteiger partial charge on any atom is 0.258 e. The number of fused-ring (bicyclic) bond motifs is 1. The monoisotopic (exact) mass is 295 g/mol. The van der Waals surface area contributed by atoms with Gasteiger partial charge >= 0.3 is 0 Å². The zero-order valence-corrected chi connectivity index (χ0v) is 12.5. The van der Waals surface area contributed by atoms with Gasteiger partial charge in [-0.05, 0) is 31.2 Å². The third-order valence-corrected chi connectivity index (χ3v) is 3.18. The molecule has 0 aliphatic heterocycles. The van der Waals surface area contributed by atoms with E-state index in [0.717, 1.165) is 22.5 Å². The number of hydrogen-bond donors (Lipinski definition) is 1. The molecule has 0 fully saturated rings. The van der Waals surface area contributed by atoms with Crippen LogP contribution in [0.1, 0.15) is 6.92 Å². The van der Waals surface area contributed by atoms with E-state index in [4.69, 9.17) is 9.47 Å². The molecule has 0 bridgehead atoms. The van der Waals surface area contributed by atoms with Gasteiger partial charge in [0.1, 0.15) is 5.75 Å². The summed E-state index contributed by atoms with van der Waals surface area (Å²) in [5, 5.41) is 3.25. The van der Waals surface area contributed by atoms with E-state index in [1.165, 1.54) is 0 Å². The summed E-state index contributed by atoms with van der Waals surface area (Å²) in [7, 11) is 1.63. The summed E-state index contributed by atoms with van der Waals surface area (Å²) in [6.45, 7) is 2.44. The Morgan fingerprint density at radius 1 is 0.955 bits per heavy atom. The van der Waals surface area contributed by atoms with Crippen molar-refractivity contribution in [2.45, 2.75) is 6.92 Å². The van der Waals surface area contributed by atoms with Crippen LogP contribution in [0.25, 0.3) is 11.0 Å². The molecule has 1 heterocycles. The normalized spacial score (nSPS) is 10.5. The van der Waals surface area contributed by atoms with E-state index in [1.807, 2.05) is 55.5 Å². The summed E-state index contributed by atoms with van der Waals surface area (Å²) in [6, 6.07) is 15.4. The minimum absolute atomic E-state index is 0.479. The van der Waals surface area contributed by atoms with Crippen molar-refractivity contribution in [2.75, 3.05) is 19.0 Å². The molecule has 112 valence electrons. The number of hydrogen-bond acceptors (Lipinski definition) is 5. The van der Waals surface area contributed by atoms with Gasteiger partial charge in [-0.15, -0.1) is 0 Å². The van der Waals surface area contributed by atoms with Gasteiger partial charge in [0.15, 0.2) is 5.82 Å². The Morgan fingerprint density at radius 2 is 1.64 bits per heavy atom. The van der Waals surface area contributed by atoms with Crippen molar-refractivity contribution in [3.63, 3.8) is 0 Å². The highest BCUT2D eigenvalue weighted by atomic mass is 16.5.